The normalized spacial score (nSPS) is 17.1. The van der Waals surface area contributed by atoms with Crippen LogP contribution in [0, 0.1) is 5.82 Å². The molecule has 1 amide bonds. The first-order valence-electron chi connectivity index (χ1n) is 8.74. The molecule has 1 saturated heterocycles. The monoisotopic (exact) mass is 385 g/mol. The highest BCUT2D eigenvalue weighted by Gasteiger charge is 2.29. The van der Waals surface area contributed by atoms with E-state index in [9.17, 15) is 9.18 Å². The largest absolute Gasteiger partial charge is 0.339 e. The molecule has 1 fully saturated rings. The van der Waals surface area contributed by atoms with E-state index in [-0.39, 0.29) is 17.6 Å². The lowest BCUT2D eigenvalue weighted by molar-refractivity contribution is 0.0695. The van der Waals surface area contributed by atoms with E-state index in [2.05, 4.69) is 10.1 Å². The van der Waals surface area contributed by atoms with Crippen molar-refractivity contribution in [3.05, 3.63) is 70.8 Å². The van der Waals surface area contributed by atoms with E-state index in [0.29, 0.717) is 35.4 Å². The summed E-state index contributed by atoms with van der Waals surface area (Å²) in [5.41, 5.74) is 1.30. The lowest BCUT2D eigenvalue weighted by atomic mass is 9.97. The van der Waals surface area contributed by atoms with Crippen LogP contribution in [-0.2, 0) is 0 Å². The van der Waals surface area contributed by atoms with Gasteiger partial charge in [0, 0.05) is 29.2 Å². The summed E-state index contributed by atoms with van der Waals surface area (Å²) in [6.07, 6.45) is 1.71. The summed E-state index contributed by atoms with van der Waals surface area (Å²) in [4.78, 5) is 18.9. The smallest absolute Gasteiger partial charge is 0.253 e. The minimum absolute atomic E-state index is 0.0169. The molecule has 1 aromatic heterocycles. The SMILES string of the molecule is O=C(c1ccc(F)cc1)N1CCC[C@H](c2nc(-c3ccc(Cl)cc3)no2)C1. The standard InChI is InChI=1S/C20H17ClFN3O2/c21-16-7-3-13(4-8-16)18-23-19(27-24-18)15-2-1-11-25(12-15)20(26)14-5-9-17(22)10-6-14/h3-10,15H,1-2,11-12H2/t15-/m0/s1. The minimum Gasteiger partial charge on any atom is -0.339 e. The van der Waals surface area contributed by atoms with E-state index >= 15 is 0 Å². The molecule has 2 aromatic carbocycles. The molecule has 0 saturated carbocycles. The number of benzene rings is 2. The van der Waals surface area contributed by atoms with Gasteiger partial charge in [-0.15, -0.1) is 0 Å². The third-order valence-corrected chi connectivity index (χ3v) is 4.95. The highest BCUT2D eigenvalue weighted by molar-refractivity contribution is 6.30. The number of hydrogen-bond donors (Lipinski definition) is 0. The number of rotatable bonds is 3. The number of carbonyl (C=O) groups excluding carboxylic acids is 1. The molecule has 0 bridgehead atoms. The van der Waals surface area contributed by atoms with Crippen LogP contribution in [0.2, 0.25) is 5.02 Å². The topological polar surface area (TPSA) is 59.2 Å². The molecule has 1 aliphatic rings. The van der Waals surface area contributed by atoms with Crippen molar-refractivity contribution in [3.63, 3.8) is 0 Å². The Morgan fingerprint density at radius 1 is 1.15 bits per heavy atom. The third kappa shape index (κ3) is 3.85. The number of likely N-dealkylation sites (tertiary alicyclic amines) is 1. The summed E-state index contributed by atoms with van der Waals surface area (Å²) in [6, 6.07) is 12.8. The van der Waals surface area contributed by atoms with E-state index in [4.69, 9.17) is 16.1 Å². The molecule has 0 N–H and O–H groups in total. The zero-order valence-corrected chi connectivity index (χ0v) is 15.2. The highest BCUT2D eigenvalue weighted by atomic mass is 35.5. The summed E-state index contributed by atoms with van der Waals surface area (Å²) >= 11 is 5.91. The van der Waals surface area contributed by atoms with Crippen LogP contribution in [0.15, 0.2) is 53.1 Å². The maximum Gasteiger partial charge on any atom is 0.253 e. The zero-order valence-electron chi connectivity index (χ0n) is 14.4. The summed E-state index contributed by atoms with van der Waals surface area (Å²) < 4.78 is 18.5. The minimum atomic E-state index is -0.358. The fourth-order valence-corrected chi connectivity index (χ4v) is 3.38. The van der Waals surface area contributed by atoms with Crippen molar-refractivity contribution in [1.29, 1.82) is 0 Å². The van der Waals surface area contributed by atoms with Crippen molar-refractivity contribution in [1.82, 2.24) is 15.0 Å². The van der Waals surface area contributed by atoms with Crippen LogP contribution in [0.4, 0.5) is 4.39 Å². The Hall–Kier alpha value is -2.73. The van der Waals surface area contributed by atoms with Crippen molar-refractivity contribution in [3.8, 4) is 11.4 Å². The summed E-state index contributed by atoms with van der Waals surface area (Å²) in [5.74, 6) is 0.540. The molecule has 0 radical (unpaired) electrons. The molecular weight excluding hydrogens is 369 g/mol. The second kappa shape index (κ2) is 7.48. The van der Waals surface area contributed by atoms with E-state index < -0.39 is 0 Å². The van der Waals surface area contributed by atoms with E-state index in [0.717, 1.165) is 18.4 Å². The van der Waals surface area contributed by atoms with Gasteiger partial charge in [0.25, 0.3) is 5.91 Å². The van der Waals surface area contributed by atoms with Crippen molar-refractivity contribution in [2.75, 3.05) is 13.1 Å². The van der Waals surface area contributed by atoms with Crippen LogP contribution < -0.4 is 0 Å². The third-order valence-electron chi connectivity index (χ3n) is 4.69. The molecular formula is C20H17ClFN3O2. The molecule has 1 atom stereocenters. The number of carbonyl (C=O) groups is 1. The van der Waals surface area contributed by atoms with Gasteiger partial charge < -0.3 is 9.42 Å². The molecule has 7 heteroatoms. The number of halogens is 2. The molecule has 3 aromatic rings. The second-order valence-electron chi connectivity index (χ2n) is 6.56. The van der Waals surface area contributed by atoms with Gasteiger partial charge in [-0.1, -0.05) is 16.8 Å². The predicted octanol–water partition coefficient (Wildman–Crippen LogP) is 4.55. The summed E-state index contributed by atoms with van der Waals surface area (Å²) in [5, 5.41) is 4.70. The average molecular weight is 386 g/mol. The maximum absolute atomic E-state index is 13.1. The van der Waals surface area contributed by atoms with Gasteiger partial charge in [0.05, 0.1) is 5.92 Å². The Labute approximate surface area is 160 Å². The van der Waals surface area contributed by atoms with Crippen LogP contribution in [0.25, 0.3) is 11.4 Å². The Kier molecular flexibility index (Phi) is 4.90. The van der Waals surface area contributed by atoms with Crippen molar-refractivity contribution in [2.45, 2.75) is 18.8 Å². The van der Waals surface area contributed by atoms with Gasteiger partial charge >= 0.3 is 0 Å². The molecule has 0 aliphatic carbocycles. The maximum atomic E-state index is 13.1. The molecule has 27 heavy (non-hydrogen) atoms. The number of piperidine rings is 1. The van der Waals surface area contributed by atoms with Crippen LogP contribution in [-0.4, -0.2) is 34.0 Å². The first-order valence-corrected chi connectivity index (χ1v) is 9.12. The number of aromatic nitrogens is 2. The zero-order chi connectivity index (χ0) is 18.8. The second-order valence-corrected chi connectivity index (χ2v) is 7.00. The van der Waals surface area contributed by atoms with Crippen molar-refractivity contribution >= 4 is 17.5 Å². The van der Waals surface area contributed by atoms with E-state index in [1.165, 1.54) is 24.3 Å². The van der Waals surface area contributed by atoms with Crippen LogP contribution in [0.5, 0.6) is 0 Å². The van der Waals surface area contributed by atoms with E-state index in [1.54, 1.807) is 17.0 Å². The number of nitrogens with zero attached hydrogens (tertiary/aromatic N) is 3. The molecule has 1 aliphatic heterocycles. The fourth-order valence-electron chi connectivity index (χ4n) is 3.26. The Morgan fingerprint density at radius 2 is 1.89 bits per heavy atom. The highest BCUT2D eigenvalue weighted by Crippen LogP contribution is 2.28. The number of amides is 1. The average Bonchev–Trinajstić information content (AvgIpc) is 3.19. The fraction of sp³-hybridized carbons (Fsp3) is 0.250. The van der Waals surface area contributed by atoms with Crippen LogP contribution >= 0.6 is 11.6 Å². The Morgan fingerprint density at radius 3 is 2.63 bits per heavy atom. The van der Waals surface area contributed by atoms with Gasteiger partial charge in [-0.2, -0.15) is 4.98 Å². The van der Waals surface area contributed by atoms with Crippen LogP contribution in [0.3, 0.4) is 0 Å². The van der Waals surface area contributed by atoms with Crippen molar-refractivity contribution in [2.24, 2.45) is 0 Å². The summed E-state index contributed by atoms with van der Waals surface area (Å²) in [6.45, 7) is 1.16. The van der Waals surface area contributed by atoms with Gasteiger partial charge in [-0.05, 0) is 61.4 Å². The first-order chi connectivity index (χ1) is 13.1. The molecule has 0 spiro atoms. The summed E-state index contributed by atoms with van der Waals surface area (Å²) in [7, 11) is 0. The van der Waals surface area contributed by atoms with Crippen molar-refractivity contribution < 1.29 is 13.7 Å². The Balaban J connectivity index is 1.49. The Bertz CT molecular complexity index is 941. The van der Waals surface area contributed by atoms with Crippen LogP contribution in [0.1, 0.15) is 35.0 Å². The quantitative estimate of drug-likeness (QED) is 0.663. The molecule has 0 unspecified atom stereocenters. The predicted molar refractivity (Wildman–Crippen MR) is 99.0 cm³/mol. The van der Waals surface area contributed by atoms with Gasteiger partial charge in [-0.25, -0.2) is 4.39 Å². The molecule has 2 heterocycles. The lowest BCUT2D eigenvalue weighted by Crippen LogP contribution is -2.39. The molecule has 5 nitrogen and oxygen atoms in total. The van der Waals surface area contributed by atoms with Gasteiger partial charge in [-0.3, -0.25) is 4.79 Å². The number of hydrogen-bond acceptors (Lipinski definition) is 4. The van der Waals surface area contributed by atoms with Gasteiger partial charge in [0.15, 0.2) is 0 Å². The molecule has 138 valence electrons. The van der Waals surface area contributed by atoms with E-state index in [1.807, 2.05) is 12.1 Å². The lowest BCUT2D eigenvalue weighted by Gasteiger charge is -2.31. The molecule has 4 rings (SSSR count). The first kappa shape index (κ1) is 17.7. The van der Waals surface area contributed by atoms with Gasteiger partial charge in [0.1, 0.15) is 5.82 Å². The van der Waals surface area contributed by atoms with Gasteiger partial charge in [0.2, 0.25) is 11.7 Å².